The lowest BCUT2D eigenvalue weighted by atomic mass is 9.94. The first-order chi connectivity index (χ1) is 9.57. The molecule has 3 rings (SSSR count). The van der Waals surface area contributed by atoms with Crippen molar-refractivity contribution in [2.24, 2.45) is 11.3 Å². The summed E-state index contributed by atoms with van der Waals surface area (Å²) in [6.45, 7) is 10.7. The first kappa shape index (κ1) is 14.1. The van der Waals surface area contributed by atoms with Gasteiger partial charge in [0, 0.05) is 31.7 Å². The van der Waals surface area contributed by atoms with Crippen molar-refractivity contribution in [2.45, 2.75) is 45.7 Å². The van der Waals surface area contributed by atoms with Crippen molar-refractivity contribution < 1.29 is 0 Å². The molecular weight excluding hydrogens is 244 g/mol. The maximum atomic E-state index is 3.76. The second-order valence-electron chi connectivity index (χ2n) is 7.42. The predicted octanol–water partition coefficient (Wildman–Crippen LogP) is 3.46. The monoisotopic (exact) mass is 272 g/mol. The molecule has 0 radical (unpaired) electrons. The maximum Gasteiger partial charge on any atom is 0.0449 e. The van der Waals surface area contributed by atoms with Gasteiger partial charge in [-0.05, 0) is 29.7 Å². The molecule has 0 bridgehead atoms. The first-order valence-corrected chi connectivity index (χ1v) is 8.10. The summed E-state index contributed by atoms with van der Waals surface area (Å²) in [6.07, 6.45) is 2.83. The maximum absolute atomic E-state index is 3.76. The van der Waals surface area contributed by atoms with Gasteiger partial charge in [-0.1, -0.05) is 51.1 Å². The van der Waals surface area contributed by atoms with Crippen LogP contribution in [0.25, 0.3) is 0 Å². The molecule has 20 heavy (non-hydrogen) atoms. The minimum absolute atomic E-state index is 0.494. The molecular formula is C18H28N2. The molecule has 1 N–H and O–H groups in total. The Morgan fingerprint density at radius 2 is 1.95 bits per heavy atom. The molecule has 1 saturated carbocycles. The van der Waals surface area contributed by atoms with E-state index in [0.717, 1.165) is 19.0 Å². The molecule has 0 amide bonds. The Balaban J connectivity index is 1.72. The molecule has 1 aliphatic carbocycles. The summed E-state index contributed by atoms with van der Waals surface area (Å²) in [6, 6.07) is 12.1. The highest BCUT2D eigenvalue weighted by Gasteiger charge is 2.42. The lowest BCUT2D eigenvalue weighted by Gasteiger charge is -2.43. The van der Waals surface area contributed by atoms with Gasteiger partial charge in [-0.15, -0.1) is 0 Å². The zero-order valence-electron chi connectivity index (χ0n) is 13.1. The summed E-state index contributed by atoms with van der Waals surface area (Å²) in [5.41, 5.74) is 2.03. The Morgan fingerprint density at radius 1 is 1.25 bits per heavy atom. The van der Waals surface area contributed by atoms with Crippen LogP contribution in [0.15, 0.2) is 30.3 Å². The topological polar surface area (TPSA) is 15.3 Å². The van der Waals surface area contributed by atoms with E-state index in [0.29, 0.717) is 17.5 Å². The van der Waals surface area contributed by atoms with Gasteiger partial charge in [-0.2, -0.15) is 0 Å². The van der Waals surface area contributed by atoms with E-state index in [4.69, 9.17) is 0 Å². The molecule has 2 heteroatoms. The molecule has 1 heterocycles. The molecule has 0 spiro atoms. The van der Waals surface area contributed by atoms with Gasteiger partial charge in [0.15, 0.2) is 0 Å². The van der Waals surface area contributed by atoms with E-state index in [9.17, 15) is 0 Å². The molecule has 1 aromatic rings. The van der Waals surface area contributed by atoms with Crippen molar-refractivity contribution in [2.75, 3.05) is 19.6 Å². The molecule has 2 nitrogen and oxygen atoms in total. The molecule has 2 unspecified atom stereocenters. The van der Waals surface area contributed by atoms with E-state index in [1.54, 1.807) is 0 Å². The number of rotatable bonds is 4. The second-order valence-corrected chi connectivity index (χ2v) is 7.42. The average Bonchev–Trinajstić information content (AvgIpc) is 3.16. The van der Waals surface area contributed by atoms with Gasteiger partial charge in [0.2, 0.25) is 0 Å². The van der Waals surface area contributed by atoms with E-state index < -0.39 is 0 Å². The summed E-state index contributed by atoms with van der Waals surface area (Å²) in [7, 11) is 0. The molecule has 1 aromatic carbocycles. The molecule has 2 aliphatic rings. The number of nitrogens with zero attached hydrogens (tertiary/aromatic N) is 1. The first-order valence-electron chi connectivity index (χ1n) is 8.10. The largest absolute Gasteiger partial charge is 0.307 e. The fourth-order valence-corrected chi connectivity index (χ4v) is 3.44. The SMILES string of the molecule is CC(C)C1CNC(c2ccccc2)CN1CC1(C)CC1. The van der Waals surface area contributed by atoms with Crippen LogP contribution in [-0.2, 0) is 0 Å². The van der Waals surface area contributed by atoms with Gasteiger partial charge in [-0.25, -0.2) is 0 Å². The molecule has 2 atom stereocenters. The Morgan fingerprint density at radius 3 is 2.55 bits per heavy atom. The van der Waals surface area contributed by atoms with Gasteiger partial charge in [-0.3, -0.25) is 4.90 Å². The van der Waals surface area contributed by atoms with E-state index in [1.807, 2.05) is 0 Å². The predicted molar refractivity (Wildman–Crippen MR) is 84.7 cm³/mol. The fraction of sp³-hybridized carbons (Fsp3) is 0.667. The van der Waals surface area contributed by atoms with E-state index >= 15 is 0 Å². The standard InChI is InChI=1S/C18H28N2/c1-14(2)17-11-19-16(15-7-5-4-6-8-15)12-20(17)13-18(3)9-10-18/h4-8,14,16-17,19H,9-13H2,1-3H3. The summed E-state index contributed by atoms with van der Waals surface area (Å²) in [5, 5.41) is 3.76. The van der Waals surface area contributed by atoms with Gasteiger partial charge < -0.3 is 5.32 Å². The highest BCUT2D eigenvalue weighted by atomic mass is 15.2. The summed E-state index contributed by atoms with van der Waals surface area (Å²) in [4.78, 5) is 2.76. The van der Waals surface area contributed by atoms with Crippen LogP contribution < -0.4 is 5.32 Å². The van der Waals surface area contributed by atoms with E-state index in [2.05, 4.69) is 61.3 Å². The Labute approximate surface area is 123 Å². The summed E-state index contributed by atoms with van der Waals surface area (Å²) in [5.74, 6) is 0.724. The number of hydrogen-bond donors (Lipinski definition) is 1. The summed E-state index contributed by atoms with van der Waals surface area (Å²) >= 11 is 0. The fourth-order valence-electron chi connectivity index (χ4n) is 3.44. The highest BCUT2D eigenvalue weighted by Crippen LogP contribution is 2.46. The average molecular weight is 272 g/mol. The Kier molecular flexibility index (Phi) is 3.87. The van der Waals surface area contributed by atoms with Crippen LogP contribution in [0.5, 0.6) is 0 Å². The summed E-state index contributed by atoms with van der Waals surface area (Å²) < 4.78 is 0. The number of hydrogen-bond acceptors (Lipinski definition) is 2. The van der Waals surface area contributed by atoms with Gasteiger partial charge in [0.25, 0.3) is 0 Å². The minimum atomic E-state index is 0.494. The van der Waals surface area contributed by atoms with Crippen LogP contribution >= 0.6 is 0 Å². The van der Waals surface area contributed by atoms with Crippen molar-refractivity contribution in [3.05, 3.63) is 35.9 Å². The molecule has 110 valence electrons. The van der Waals surface area contributed by atoms with Crippen molar-refractivity contribution >= 4 is 0 Å². The van der Waals surface area contributed by atoms with Gasteiger partial charge in [0.1, 0.15) is 0 Å². The minimum Gasteiger partial charge on any atom is -0.307 e. The van der Waals surface area contributed by atoms with Crippen molar-refractivity contribution in [1.82, 2.24) is 10.2 Å². The Bertz CT molecular complexity index is 436. The molecule has 1 saturated heterocycles. The molecule has 0 aromatic heterocycles. The third-order valence-corrected chi connectivity index (χ3v) is 5.12. The smallest absolute Gasteiger partial charge is 0.0449 e. The highest BCUT2D eigenvalue weighted by molar-refractivity contribution is 5.20. The second kappa shape index (κ2) is 5.50. The van der Waals surface area contributed by atoms with Crippen molar-refractivity contribution in [1.29, 1.82) is 0 Å². The van der Waals surface area contributed by atoms with Crippen LogP contribution in [0.3, 0.4) is 0 Å². The lowest BCUT2D eigenvalue weighted by Crippen LogP contribution is -2.55. The van der Waals surface area contributed by atoms with Crippen molar-refractivity contribution in [3.63, 3.8) is 0 Å². The van der Waals surface area contributed by atoms with Crippen LogP contribution in [0.4, 0.5) is 0 Å². The zero-order valence-corrected chi connectivity index (χ0v) is 13.1. The van der Waals surface area contributed by atoms with Gasteiger partial charge in [0.05, 0.1) is 0 Å². The normalized spacial score (nSPS) is 29.6. The number of piperazine rings is 1. The van der Waals surface area contributed by atoms with Gasteiger partial charge >= 0.3 is 0 Å². The third-order valence-electron chi connectivity index (χ3n) is 5.12. The number of nitrogens with one attached hydrogen (secondary N) is 1. The lowest BCUT2D eigenvalue weighted by molar-refractivity contribution is 0.0795. The third kappa shape index (κ3) is 3.07. The molecule has 1 aliphatic heterocycles. The van der Waals surface area contributed by atoms with Crippen LogP contribution in [0.1, 0.15) is 45.2 Å². The van der Waals surface area contributed by atoms with Crippen LogP contribution in [0.2, 0.25) is 0 Å². The number of benzene rings is 1. The van der Waals surface area contributed by atoms with E-state index in [-0.39, 0.29) is 0 Å². The Hall–Kier alpha value is -0.860. The van der Waals surface area contributed by atoms with E-state index in [1.165, 1.54) is 24.9 Å². The van der Waals surface area contributed by atoms with Crippen LogP contribution in [0, 0.1) is 11.3 Å². The molecule has 2 fully saturated rings. The van der Waals surface area contributed by atoms with Crippen LogP contribution in [-0.4, -0.2) is 30.6 Å². The quantitative estimate of drug-likeness (QED) is 0.903. The zero-order chi connectivity index (χ0) is 14.2. The van der Waals surface area contributed by atoms with Crippen molar-refractivity contribution in [3.8, 4) is 0 Å².